The summed E-state index contributed by atoms with van der Waals surface area (Å²) in [5.41, 5.74) is 2.49. The molecule has 2 heterocycles. The highest BCUT2D eigenvalue weighted by molar-refractivity contribution is 7.89. The SMILES string of the molecule is COc1ccc2c(c1)CN(CC(=O)N1CCN(S(=O)(=O)c3ccc(Cl)cc3)CC1)CC2. The minimum Gasteiger partial charge on any atom is -0.497 e. The molecule has 1 saturated heterocycles. The van der Waals surface area contributed by atoms with Crippen molar-refractivity contribution in [1.29, 1.82) is 0 Å². The van der Waals surface area contributed by atoms with Crippen molar-refractivity contribution in [1.82, 2.24) is 14.1 Å². The van der Waals surface area contributed by atoms with Gasteiger partial charge in [0.15, 0.2) is 0 Å². The normalized spacial score (nSPS) is 17.9. The molecule has 31 heavy (non-hydrogen) atoms. The zero-order chi connectivity index (χ0) is 22.0. The van der Waals surface area contributed by atoms with Gasteiger partial charge in [-0.3, -0.25) is 9.69 Å². The van der Waals surface area contributed by atoms with Crippen molar-refractivity contribution in [2.24, 2.45) is 0 Å². The van der Waals surface area contributed by atoms with Crippen molar-refractivity contribution in [2.45, 2.75) is 17.9 Å². The van der Waals surface area contributed by atoms with Crippen LogP contribution in [0, 0.1) is 0 Å². The van der Waals surface area contributed by atoms with Gasteiger partial charge in [-0.1, -0.05) is 17.7 Å². The molecule has 0 saturated carbocycles. The second kappa shape index (κ2) is 9.16. The summed E-state index contributed by atoms with van der Waals surface area (Å²) in [4.78, 5) is 17.0. The minimum atomic E-state index is -3.58. The van der Waals surface area contributed by atoms with Gasteiger partial charge in [-0.2, -0.15) is 4.31 Å². The van der Waals surface area contributed by atoms with E-state index in [1.54, 1.807) is 24.1 Å². The number of benzene rings is 2. The van der Waals surface area contributed by atoms with Crippen LogP contribution < -0.4 is 4.74 Å². The fourth-order valence-corrected chi connectivity index (χ4v) is 5.63. The van der Waals surface area contributed by atoms with E-state index in [0.717, 1.165) is 18.7 Å². The average molecular weight is 464 g/mol. The first-order valence-corrected chi connectivity index (χ1v) is 12.1. The van der Waals surface area contributed by atoms with Crippen molar-refractivity contribution in [3.63, 3.8) is 0 Å². The van der Waals surface area contributed by atoms with Crippen molar-refractivity contribution in [2.75, 3.05) is 46.4 Å². The van der Waals surface area contributed by atoms with Gasteiger partial charge in [0.1, 0.15) is 5.75 Å². The Labute approximate surface area is 188 Å². The van der Waals surface area contributed by atoms with E-state index in [2.05, 4.69) is 11.0 Å². The Balaban J connectivity index is 1.33. The maximum atomic E-state index is 12.8. The molecular weight excluding hydrogens is 438 g/mol. The number of hydrogen-bond acceptors (Lipinski definition) is 5. The lowest BCUT2D eigenvalue weighted by Gasteiger charge is -2.36. The van der Waals surface area contributed by atoms with Gasteiger partial charge >= 0.3 is 0 Å². The minimum absolute atomic E-state index is 0.0369. The van der Waals surface area contributed by atoms with Crippen LogP contribution in [0.1, 0.15) is 11.1 Å². The summed E-state index contributed by atoms with van der Waals surface area (Å²) in [5, 5.41) is 0.494. The van der Waals surface area contributed by atoms with E-state index in [1.807, 2.05) is 12.1 Å². The first kappa shape index (κ1) is 22.1. The second-order valence-electron chi connectivity index (χ2n) is 7.83. The van der Waals surface area contributed by atoms with Gasteiger partial charge in [-0.05, 0) is 53.9 Å². The number of fused-ring (bicyclic) bond motifs is 1. The van der Waals surface area contributed by atoms with Gasteiger partial charge in [0.25, 0.3) is 0 Å². The van der Waals surface area contributed by atoms with Gasteiger partial charge in [0.05, 0.1) is 18.6 Å². The van der Waals surface area contributed by atoms with Crippen LogP contribution in [0.5, 0.6) is 5.75 Å². The maximum absolute atomic E-state index is 12.8. The largest absolute Gasteiger partial charge is 0.497 e. The van der Waals surface area contributed by atoms with E-state index in [4.69, 9.17) is 16.3 Å². The molecule has 0 unspecified atom stereocenters. The van der Waals surface area contributed by atoms with E-state index in [-0.39, 0.29) is 23.9 Å². The zero-order valence-electron chi connectivity index (χ0n) is 17.5. The van der Waals surface area contributed by atoms with E-state index >= 15 is 0 Å². The Hall–Kier alpha value is -2.13. The average Bonchev–Trinajstić information content (AvgIpc) is 2.79. The molecule has 0 atom stereocenters. The number of amides is 1. The standard InChI is InChI=1S/C22H26ClN3O4S/c1-30-20-5-2-17-8-9-24(15-18(17)14-20)16-22(27)25-10-12-26(13-11-25)31(28,29)21-6-3-19(23)4-7-21/h2-7,14H,8-13,15-16H2,1H3. The molecule has 1 amide bonds. The summed E-state index contributed by atoms with van der Waals surface area (Å²) in [7, 11) is -1.93. The molecule has 1 fully saturated rings. The number of ether oxygens (including phenoxy) is 1. The number of carbonyl (C=O) groups excluding carboxylic acids is 1. The third kappa shape index (κ3) is 4.87. The molecule has 0 aromatic heterocycles. The van der Waals surface area contributed by atoms with Gasteiger partial charge < -0.3 is 9.64 Å². The molecule has 4 rings (SSSR count). The number of sulfonamides is 1. The van der Waals surface area contributed by atoms with Crippen LogP contribution in [-0.2, 0) is 27.8 Å². The third-order valence-electron chi connectivity index (χ3n) is 5.91. The molecule has 0 bridgehead atoms. The first-order valence-electron chi connectivity index (χ1n) is 10.3. The van der Waals surface area contributed by atoms with Gasteiger partial charge in [-0.15, -0.1) is 0 Å². The lowest BCUT2D eigenvalue weighted by Crippen LogP contribution is -2.52. The molecule has 0 aliphatic carbocycles. The van der Waals surface area contributed by atoms with Crippen LogP contribution in [0.4, 0.5) is 0 Å². The van der Waals surface area contributed by atoms with Crippen molar-refractivity contribution < 1.29 is 17.9 Å². The van der Waals surface area contributed by atoms with Crippen molar-refractivity contribution in [3.05, 3.63) is 58.6 Å². The quantitative estimate of drug-likeness (QED) is 0.680. The van der Waals surface area contributed by atoms with Gasteiger partial charge in [0.2, 0.25) is 15.9 Å². The molecule has 0 radical (unpaired) electrons. The van der Waals surface area contributed by atoms with E-state index in [0.29, 0.717) is 31.2 Å². The Morgan fingerprint density at radius 3 is 2.39 bits per heavy atom. The summed E-state index contributed by atoms with van der Waals surface area (Å²) < 4.78 is 32.4. The zero-order valence-corrected chi connectivity index (χ0v) is 19.0. The number of hydrogen-bond donors (Lipinski definition) is 0. The third-order valence-corrected chi connectivity index (χ3v) is 8.07. The fraction of sp³-hybridized carbons (Fsp3) is 0.409. The summed E-state index contributed by atoms with van der Waals surface area (Å²) >= 11 is 5.86. The number of nitrogens with zero attached hydrogens (tertiary/aromatic N) is 3. The summed E-state index contributed by atoms with van der Waals surface area (Å²) in [5.74, 6) is 0.861. The Morgan fingerprint density at radius 2 is 1.71 bits per heavy atom. The molecule has 166 valence electrons. The smallest absolute Gasteiger partial charge is 0.243 e. The van der Waals surface area contributed by atoms with Gasteiger partial charge in [-0.25, -0.2) is 8.42 Å². The van der Waals surface area contributed by atoms with E-state index < -0.39 is 10.0 Å². The molecule has 2 aliphatic rings. The van der Waals surface area contributed by atoms with E-state index in [9.17, 15) is 13.2 Å². The highest BCUT2D eigenvalue weighted by Gasteiger charge is 2.31. The molecule has 9 heteroatoms. The van der Waals surface area contributed by atoms with Crippen LogP contribution in [0.15, 0.2) is 47.4 Å². The highest BCUT2D eigenvalue weighted by atomic mass is 35.5. The Bertz CT molecular complexity index is 1050. The number of piperazine rings is 1. The number of methoxy groups -OCH3 is 1. The molecule has 2 aromatic rings. The Kier molecular flexibility index (Phi) is 6.52. The number of rotatable bonds is 5. The Morgan fingerprint density at radius 1 is 1.00 bits per heavy atom. The van der Waals surface area contributed by atoms with Gasteiger partial charge in [0, 0.05) is 44.3 Å². The number of halogens is 1. The molecule has 2 aliphatic heterocycles. The summed E-state index contributed by atoms with van der Waals surface area (Å²) in [6, 6.07) is 12.3. The maximum Gasteiger partial charge on any atom is 0.243 e. The summed E-state index contributed by atoms with van der Waals surface area (Å²) in [6.07, 6.45) is 0.903. The lowest BCUT2D eigenvalue weighted by atomic mass is 9.99. The van der Waals surface area contributed by atoms with Crippen molar-refractivity contribution >= 4 is 27.5 Å². The molecular formula is C22H26ClN3O4S. The van der Waals surface area contributed by atoms with Crippen LogP contribution in [0.2, 0.25) is 5.02 Å². The van der Waals surface area contributed by atoms with E-state index in [1.165, 1.54) is 27.6 Å². The summed E-state index contributed by atoms with van der Waals surface area (Å²) in [6.45, 7) is 3.24. The van der Waals surface area contributed by atoms with Crippen LogP contribution >= 0.6 is 11.6 Å². The second-order valence-corrected chi connectivity index (χ2v) is 10.2. The first-order chi connectivity index (χ1) is 14.9. The topological polar surface area (TPSA) is 70.2 Å². The molecule has 0 spiro atoms. The predicted molar refractivity (Wildman–Crippen MR) is 119 cm³/mol. The molecule has 2 aromatic carbocycles. The van der Waals surface area contributed by atoms with Crippen LogP contribution in [-0.4, -0.2) is 74.8 Å². The monoisotopic (exact) mass is 463 g/mol. The van der Waals surface area contributed by atoms with Crippen molar-refractivity contribution in [3.8, 4) is 5.75 Å². The molecule has 7 nitrogen and oxygen atoms in total. The predicted octanol–water partition coefficient (Wildman–Crippen LogP) is 2.24. The molecule has 0 N–H and O–H groups in total. The van der Waals surface area contributed by atoms with Crippen LogP contribution in [0.3, 0.4) is 0 Å². The number of carbonyl (C=O) groups is 1. The fourth-order valence-electron chi connectivity index (χ4n) is 4.08. The lowest BCUT2D eigenvalue weighted by molar-refractivity contribution is -0.133. The highest BCUT2D eigenvalue weighted by Crippen LogP contribution is 2.24. The van der Waals surface area contributed by atoms with Crippen LogP contribution in [0.25, 0.3) is 0 Å².